The maximum absolute atomic E-state index is 13.1. The van der Waals surface area contributed by atoms with Crippen molar-refractivity contribution >= 4 is 17.5 Å². The van der Waals surface area contributed by atoms with E-state index in [1.807, 2.05) is 24.3 Å². The molecule has 2 N–H and O–H groups in total. The van der Waals surface area contributed by atoms with Crippen molar-refractivity contribution in [1.82, 2.24) is 4.90 Å². The summed E-state index contributed by atoms with van der Waals surface area (Å²) in [6.45, 7) is 5.28. The fraction of sp³-hybridized carbons (Fsp3) is 0.619. The van der Waals surface area contributed by atoms with Crippen molar-refractivity contribution in [2.24, 2.45) is 5.73 Å². The molecule has 0 saturated heterocycles. The van der Waals surface area contributed by atoms with Gasteiger partial charge in [0.05, 0.1) is 12.5 Å². The van der Waals surface area contributed by atoms with E-state index >= 15 is 0 Å². The first-order valence-electron chi connectivity index (χ1n) is 9.97. The quantitative estimate of drug-likeness (QED) is 0.881. The van der Waals surface area contributed by atoms with Crippen LogP contribution in [0.2, 0.25) is 0 Å². The number of amides is 2. The Bertz CT molecular complexity index is 654. The number of para-hydroxylation sites is 1. The molecule has 1 fully saturated rings. The lowest BCUT2D eigenvalue weighted by atomic mass is 9.85. The van der Waals surface area contributed by atoms with Crippen molar-refractivity contribution in [3.63, 3.8) is 0 Å². The summed E-state index contributed by atoms with van der Waals surface area (Å²) in [5.41, 5.74) is 7.55. The van der Waals surface area contributed by atoms with E-state index in [-0.39, 0.29) is 23.8 Å². The van der Waals surface area contributed by atoms with Gasteiger partial charge in [-0.25, -0.2) is 0 Å². The zero-order valence-corrected chi connectivity index (χ0v) is 16.0. The normalized spacial score (nSPS) is 23.4. The third kappa shape index (κ3) is 3.71. The number of hydrogen-bond donors (Lipinski definition) is 1. The molecule has 142 valence electrons. The summed E-state index contributed by atoms with van der Waals surface area (Å²) in [5.74, 6) is -0.362. The van der Waals surface area contributed by atoms with Crippen molar-refractivity contribution in [2.45, 2.75) is 70.4 Å². The number of nitrogens with two attached hydrogens (primary N) is 1. The highest BCUT2D eigenvalue weighted by Gasteiger charge is 2.35. The van der Waals surface area contributed by atoms with Gasteiger partial charge in [-0.05, 0) is 44.7 Å². The average Bonchev–Trinajstić information content (AvgIpc) is 2.65. The highest BCUT2D eigenvalue weighted by molar-refractivity contribution is 5.87. The Labute approximate surface area is 156 Å². The molecule has 2 aliphatic rings. The van der Waals surface area contributed by atoms with Crippen LogP contribution in [-0.4, -0.2) is 41.9 Å². The number of fused-ring (bicyclic) bond motifs is 1. The number of carbonyl (C=O) groups excluding carboxylic acids is 2. The molecule has 0 radical (unpaired) electrons. The maximum atomic E-state index is 13.1. The fourth-order valence-corrected chi connectivity index (χ4v) is 4.65. The summed E-state index contributed by atoms with van der Waals surface area (Å²) in [7, 11) is 0. The Morgan fingerprint density at radius 2 is 1.88 bits per heavy atom. The number of anilines is 1. The van der Waals surface area contributed by atoms with E-state index in [0.29, 0.717) is 19.0 Å². The van der Waals surface area contributed by atoms with Crippen LogP contribution in [0.5, 0.6) is 0 Å². The number of carbonyl (C=O) groups is 2. The molecule has 0 unspecified atom stereocenters. The standard InChI is InChI=1S/C21H31N3O2/c1-3-23(16-9-5-4-6-10-16)20(25)14-24-15(2)13-18(21(22)26)17-11-7-8-12-19(17)24/h7-8,11-12,15-16,18H,3-6,9-10,13-14H2,1-2H3,(H2,22,26)/t15-,18+/m1/s1. The van der Waals surface area contributed by atoms with Gasteiger partial charge in [0.15, 0.2) is 0 Å². The van der Waals surface area contributed by atoms with E-state index in [1.54, 1.807) is 0 Å². The zero-order valence-electron chi connectivity index (χ0n) is 16.0. The van der Waals surface area contributed by atoms with Crippen LogP contribution in [0.1, 0.15) is 63.9 Å². The molecule has 1 aliphatic carbocycles. The van der Waals surface area contributed by atoms with Crippen LogP contribution < -0.4 is 10.6 Å². The van der Waals surface area contributed by atoms with Gasteiger partial charge in [0.2, 0.25) is 11.8 Å². The Hall–Kier alpha value is -2.04. The number of rotatable bonds is 5. The first-order chi connectivity index (χ1) is 12.5. The van der Waals surface area contributed by atoms with Crippen molar-refractivity contribution < 1.29 is 9.59 Å². The van der Waals surface area contributed by atoms with Gasteiger partial charge in [-0.2, -0.15) is 0 Å². The Morgan fingerprint density at radius 3 is 2.54 bits per heavy atom. The summed E-state index contributed by atoms with van der Waals surface area (Å²) < 4.78 is 0. The topological polar surface area (TPSA) is 66.6 Å². The Morgan fingerprint density at radius 1 is 1.19 bits per heavy atom. The van der Waals surface area contributed by atoms with Crippen molar-refractivity contribution in [1.29, 1.82) is 0 Å². The van der Waals surface area contributed by atoms with Crippen LogP contribution in [0.3, 0.4) is 0 Å². The smallest absolute Gasteiger partial charge is 0.242 e. The van der Waals surface area contributed by atoms with E-state index in [9.17, 15) is 9.59 Å². The van der Waals surface area contributed by atoms with Gasteiger partial charge in [0.25, 0.3) is 0 Å². The second-order valence-electron chi connectivity index (χ2n) is 7.70. The minimum Gasteiger partial charge on any atom is -0.369 e. The molecule has 1 saturated carbocycles. The lowest BCUT2D eigenvalue weighted by Crippen LogP contribution is -2.50. The number of primary amides is 1. The molecule has 0 spiro atoms. The second kappa shape index (κ2) is 8.11. The summed E-state index contributed by atoms with van der Waals surface area (Å²) in [6.07, 6.45) is 6.63. The van der Waals surface area contributed by atoms with E-state index in [2.05, 4.69) is 23.6 Å². The first-order valence-corrected chi connectivity index (χ1v) is 9.97. The fourth-order valence-electron chi connectivity index (χ4n) is 4.65. The molecule has 5 heteroatoms. The molecular formula is C21H31N3O2. The molecule has 26 heavy (non-hydrogen) atoms. The van der Waals surface area contributed by atoms with Crippen LogP contribution >= 0.6 is 0 Å². The zero-order chi connectivity index (χ0) is 18.7. The summed E-state index contributed by atoms with van der Waals surface area (Å²) >= 11 is 0. The number of nitrogens with zero attached hydrogens (tertiary/aromatic N) is 2. The molecule has 1 aromatic carbocycles. The highest BCUT2D eigenvalue weighted by atomic mass is 16.2. The first kappa shape index (κ1) is 18.7. The van der Waals surface area contributed by atoms with Crippen molar-refractivity contribution in [3.05, 3.63) is 29.8 Å². The van der Waals surface area contributed by atoms with Crippen LogP contribution in [0.25, 0.3) is 0 Å². The lowest BCUT2D eigenvalue weighted by Gasteiger charge is -2.41. The summed E-state index contributed by atoms with van der Waals surface area (Å²) in [5, 5.41) is 0. The predicted octanol–water partition coefficient (Wildman–Crippen LogP) is 3.04. The molecule has 1 aliphatic heterocycles. The monoisotopic (exact) mass is 357 g/mol. The van der Waals surface area contributed by atoms with Gasteiger partial charge in [0.1, 0.15) is 0 Å². The second-order valence-corrected chi connectivity index (χ2v) is 7.70. The number of likely N-dealkylation sites (N-methyl/N-ethyl adjacent to an activating group) is 1. The third-order valence-corrected chi connectivity index (χ3v) is 6.06. The van der Waals surface area contributed by atoms with Crippen LogP contribution in [0.4, 0.5) is 5.69 Å². The van der Waals surface area contributed by atoms with E-state index in [4.69, 9.17) is 5.73 Å². The van der Waals surface area contributed by atoms with Crippen molar-refractivity contribution in [3.8, 4) is 0 Å². The van der Waals surface area contributed by atoms with Gasteiger partial charge in [-0.3, -0.25) is 9.59 Å². The minimum atomic E-state index is -0.285. The van der Waals surface area contributed by atoms with Crippen LogP contribution in [0, 0.1) is 0 Å². The maximum Gasteiger partial charge on any atom is 0.242 e. The average molecular weight is 357 g/mol. The molecule has 2 atom stereocenters. The number of benzene rings is 1. The predicted molar refractivity (Wildman–Crippen MR) is 104 cm³/mol. The molecule has 1 aromatic rings. The molecule has 2 amide bonds. The molecule has 5 nitrogen and oxygen atoms in total. The molecule has 0 aromatic heterocycles. The van der Waals surface area contributed by atoms with E-state index in [1.165, 1.54) is 19.3 Å². The van der Waals surface area contributed by atoms with E-state index in [0.717, 1.165) is 30.6 Å². The van der Waals surface area contributed by atoms with Crippen molar-refractivity contribution in [2.75, 3.05) is 18.0 Å². The summed E-state index contributed by atoms with van der Waals surface area (Å²) in [6, 6.07) is 8.36. The molecule has 0 bridgehead atoms. The SMILES string of the molecule is CCN(C(=O)CN1c2ccccc2[C@@H](C(N)=O)C[C@H]1C)C1CCCCC1. The minimum absolute atomic E-state index is 0.108. The molecular weight excluding hydrogens is 326 g/mol. The molecule has 1 heterocycles. The summed E-state index contributed by atoms with van der Waals surface area (Å²) in [4.78, 5) is 29.2. The molecule has 3 rings (SSSR count). The lowest BCUT2D eigenvalue weighted by molar-refractivity contribution is -0.132. The Balaban J connectivity index is 1.80. The van der Waals surface area contributed by atoms with Gasteiger partial charge in [-0.1, -0.05) is 37.5 Å². The Kier molecular flexibility index (Phi) is 5.84. The van der Waals surface area contributed by atoms with Gasteiger partial charge < -0.3 is 15.5 Å². The van der Waals surface area contributed by atoms with Gasteiger partial charge in [-0.15, -0.1) is 0 Å². The van der Waals surface area contributed by atoms with E-state index < -0.39 is 0 Å². The van der Waals surface area contributed by atoms with Crippen LogP contribution in [0.15, 0.2) is 24.3 Å². The largest absolute Gasteiger partial charge is 0.369 e. The van der Waals surface area contributed by atoms with Gasteiger partial charge in [0, 0.05) is 24.3 Å². The third-order valence-electron chi connectivity index (χ3n) is 6.06. The van der Waals surface area contributed by atoms with Gasteiger partial charge >= 0.3 is 0 Å². The van der Waals surface area contributed by atoms with Crippen LogP contribution in [-0.2, 0) is 9.59 Å². The number of hydrogen-bond acceptors (Lipinski definition) is 3. The highest BCUT2D eigenvalue weighted by Crippen LogP contribution is 2.38.